The monoisotopic (exact) mass is 301 g/mol. The van der Waals surface area contributed by atoms with Crippen molar-refractivity contribution >= 4 is 28.9 Å². The number of fused-ring (bicyclic) bond motifs is 1. The molecule has 3 rings (SSSR count). The number of aryl methyl sites for hydroxylation is 1. The largest absolute Gasteiger partial charge is 0.323 e. The van der Waals surface area contributed by atoms with Crippen molar-refractivity contribution in [2.24, 2.45) is 5.84 Å². The van der Waals surface area contributed by atoms with Crippen molar-refractivity contribution in [1.82, 2.24) is 0 Å². The van der Waals surface area contributed by atoms with Gasteiger partial charge in [0, 0.05) is 17.3 Å². The maximum absolute atomic E-state index is 12.9. The highest BCUT2D eigenvalue weighted by Crippen LogP contribution is 2.30. The Hall–Kier alpha value is -2.04. The van der Waals surface area contributed by atoms with E-state index in [1.54, 1.807) is 23.1 Å². The summed E-state index contributed by atoms with van der Waals surface area (Å²) in [5.74, 6) is 5.41. The molecule has 4 nitrogen and oxygen atoms in total. The van der Waals surface area contributed by atoms with E-state index in [0.717, 1.165) is 18.5 Å². The molecule has 0 spiro atoms. The van der Waals surface area contributed by atoms with Crippen LogP contribution < -0.4 is 16.2 Å². The number of rotatable bonds is 2. The lowest BCUT2D eigenvalue weighted by molar-refractivity contribution is 0.0986. The van der Waals surface area contributed by atoms with Crippen LogP contribution >= 0.6 is 11.6 Å². The lowest BCUT2D eigenvalue weighted by Gasteiger charge is -2.30. The van der Waals surface area contributed by atoms with Gasteiger partial charge in [-0.2, -0.15) is 0 Å². The second kappa shape index (κ2) is 5.76. The molecule has 1 aliphatic heterocycles. The summed E-state index contributed by atoms with van der Waals surface area (Å²) in [6.45, 7) is 0.701. The quantitative estimate of drug-likeness (QED) is 0.661. The average molecular weight is 302 g/mol. The van der Waals surface area contributed by atoms with E-state index in [0.29, 0.717) is 22.8 Å². The number of halogens is 1. The van der Waals surface area contributed by atoms with Gasteiger partial charge in [-0.05, 0) is 42.7 Å². The van der Waals surface area contributed by atoms with Gasteiger partial charge in [-0.25, -0.2) is 0 Å². The Labute approximate surface area is 128 Å². The first kappa shape index (κ1) is 13.9. The number of carbonyl (C=O) groups is 1. The lowest BCUT2D eigenvalue weighted by atomic mass is 10.0. The van der Waals surface area contributed by atoms with Crippen molar-refractivity contribution in [3.05, 3.63) is 58.6 Å². The third-order valence-electron chi connectivity index (χ3n) is 3.72. The number of hydrogen-bond acceptors (Lipinski definition) is 3. The number of nitrogens with one attached hydrogen (secondary N) is 1. The first-order valence-corrected chi connectivity index (χ1v) is 7.24. The molecule has 0 atom stereocenters. The van der Waals surface area contributed by atoms with E-state index in [1.165, 1.54) is 5.56 Å². The van der Waals surface area contributed by atoms with Crippen molar-refractivity contribution < 1.29 is 4.79 Å². The lowest BCUT2D eigenvalue weighted by Crippen LogP contribution is -2.36. The number of benzene rings is 2. The van der Waals surface area contributed by atoms with Crippen LogP contribution in [0.2, 0.25) is 5.02 Å². The van der Waals surface area contributed by atoms with Gasteiger partial charge in [0.25, 0.3) is 5.91 Å². The van der Waals surface area contributed by atoms with Gasteiger partial charge in [0.05, 0.1) is 11.3 Å². The van der Waals surface area contributed by atoms with E-state index < -0.39 is 0 Å². The summed E-state index contributed by atoms with van der Waals surface area (Å²) in [5, 5.41) is 0.516. The molecule has 0 aliphatic carbocycles. The minimum Gasteiger partial charge on any atom is -0.323 e. The molecule has 0 bridgehead atoms. The van der Waals surface area contributed by atoms with Crippen molar-refractivity contribution in [3.63, 3.8) is 0 Å². The Kier molecular flexibility index (Phi) is 3.82. The minimum absolute atomic E-state index is 0.0856. The van der Waals surface area contributed by atoms with Gasteiger partial charge in [-0.15, -0.1) is 0 Å². The number of anilines is 2. The van der Waals surface area contributed by atoms with Crippen LogP contribution in [0.1, 0.15) is 22.3 Å². The first-order valence-electron chi connectivity index (χ1n) is 6.86. The van der Waals surface area contributed by atoms with Crippen LogP contribution in [-0.4, -0.2) is 12.5 Å². The van der Waals surface area contributed by atoms with Crippen LogP contribution in [0.3, 0.4) is 0 Å². The summed E-state index contributed by atoms with van der Waals surface area (Å²) in [4.78, 5) is 14.7. The van der Waals surface area contributed by atoms with Crippen molar-refractivity contribution in [3.8, 4) is 0 Å². The van der Waals surface area contributed by atoms with Gasteiger partial charge >= 0.3 is 0 Å². The molecule has 2 aromatic rings. The van der Waals surface area contributed by atoms with Gasteiger partial charge in [0.15, 0.2) is 0 Å². The SMILES string of the molecule is NNc1ccc(Cl)cc1C(=O)N1CCCc2ccccc21. The van der Waals surface area contributed by atoms with Gasteiger partial charge in [-0.1, -0.05) is 29.8 Å². The van der Waals surface area contributed by atoms with Crippen molar-refractivity contribution in [1.29, 1.82) is 0 Å². The topological polar surface area (TPSA) is 58.4 Å². The van der Waals surface area contributed by atoms with Gasteiger partial charge in [0.1, 0.15) is 0 Å². The first-order chi connectivity index (χ1) is 10.2. The van der Waals surface area contributed by atoms with E-state index in [9.17, 15) is 4.79 Å². The van der Waals surface area contributed by atoms with Crippen LogP contribution in [0.5, 0.6) is 0 Å². The molecule has 2 aromatic carbocycles. The molecule has 5 heteroatoms. The van der Waals surface area contributed by atoms with Gasteiger partial charge in [-0.3, -0.25) is 10.6 Å². The molecule has 21 heavy (non-hydrogen) atoms. The Morgan fingerprint density at radius 2 is 2.05 bits per heavy atom. The summed E-state index contributed by atoms with van der Waals surface area (Å²) in [6.07, 6.45) is 1.95. The summed E-state index contributed by atoms with van der Waals surface area (Å²) >= 11 is 6.02. The molecule has 0 saturated carbocycles. The van der Waals surface area contributed by atoms with E-state index in [-0.39, 0.29) is 5.91 Å². The zero-order valence-corrected chi connectivity index (χ0v) is 12.2. The molecule has 108 valence electrons. The molecule has 0 aromatic heterocycles. The van der Waals surface area contributed by atoms with Crippen LogP contribution in [0.4, 0.5) is 11.4 Å². The number of amides is 1. The second-order valence-corrected chi connectivity index (χ2v) is 5.46. The molecule has 0 saturated heterocycles. The van der Waals surface area contributed by atoms with E-state index in [2.05, 4.69) is 11.5 Å². The van der Waals surface area contributed by atoms with Gasteiger partial charge in [0.2, 0.25) is 0 Å². The Morgan fingerprint density at radius 3 is 2.86 bits per heavy atom. The van der Waals surface area contributed by atoms with Crippen molar-refractivity contribution in [2.45, 2.75) is 12.8 Å². The van der Waals surface area contributed by atoms with E-state index >= 15 is 0 Å². The van der Waals surface area contributed by atoms with Crippen LogP contribution in [0.25, 0.3) is 0 Å². The Morgan fingerprint density at radius 1 is 1.24 bits per heavy atom. The summed E-state index contributed by atoms with van der Waals surface area (Å²) in [7, 11) is 0. The summed E-state index contributed by atoms with van der Waals surface area (Å²) in [5.41, 5.74) is 5.79. The minimum atomic E-state index is -0.0856. The highest BCUT2D eigenvalue weighted by atomic mass is 35.5. The standard InChI is InChI=1S/C16H16ClN3O/c17-12-7-8-14(19-18)13(10-12)16(21)20-9-3-5-11-4-1-2-6-15(11)20/h1-2,4,6-8,10,19H,3,5,9,18H2. The molecule has 3 N–H and O–H groups in total. The predicted octanol–water partition coefficient (Wildman–Crippen LogP) is 3.22. The summed E-state index contributed by atoms with van der Waals surface area (Å²) in [6, 6.07) is 13.1. The van der Waals surface area contributed by atoms with Crippen LogP contribution in [0.15, 0.2) is 42.5 Å². The number of para-hydroxylation sites is 1. The molecular formula is C16H16ClN3O. The highest BCUT2D eigenvalue weighted by molar-refractivity contribution is 6.31. The van der Waals surface area contributed by atoms with Crippen molar-refractivity contribution in [2.75, 3.05) is 16.9 Å². The fourth-order valence-corrected chi connectivity index (χ4v) is 2.88. The van der Waals surface area contributed by atoms with Gasteiger partial charge < -0.3 is 10.3 Å². The molecule has 0 radical (unpaired) electrons. The average Bonchev–Trinajstić information content (AvgIpc) is 2.53. The van der Waals surface area contributed by atoms with E-state index in [4.69, 9.17) is 17.4 Å². The maximum Gasteiger partial charge on any atom is 0.260 e. The third kappa shape index (κ3) is 2.60. The zero-order valence-electron chi connectivity index (χ0n) is 11.5. The molecule has 0 fully saturated rings. The number of carbonyl (C=O) groups excluding carboxylic acids is 1. The smallest absolute Gasteiger partial charge is 0.260 e. The number of nitrogens with two attached hydrogens (primary N) is 1. The van der Waals surface area contributed by atoms with Crippen LogP contribution in [-0.2, 0) is 6.42 Å². The number of hydrazine groups is 1. The maximum atomic E-state index is 12.9. The number of nitrogens with zero attached hydrogens (tertiary/aromatic N) is 1. The molecular weight excluding hydrogens is 286 g/mol. The van der Waals surface area contributed by atoms with E-state index in [1.807, 2.05) is 18.2 Å². The molecule has 1 heterocycles. The molecule has 0 unspecified atom stereocenters. The molecule has 1 amide bonds. The zero-order chi connectivity index (χ0) is 14.8. The fourth-order valence-electron chi connectivity index (χ4n) is 2.71. The highest BCUT2D eigenvalue weighted by Gasteiger charge is 2.25. The second-order valence-electron chi connectivity index (χ2n) is 5.02. The predicted molar refractivity (Wildman–Crippen MR) is 85.7 cm³/mol. The van der Waals surface area contributed by atoms with Crippen LogP contribution in [0, 0.1) is 0 Å². The normalized spacial score (nSPS) is 13.7. The number of nitrogen functional groups attached to an aromatic ring is 1. The summed E-state index contributed by atoms with van der Waals surface area (Å²) < 4.78 is 0. The Balaban J connectivity index is 2.02. The third-order valence-corrected chi connectivity index (χ3v) is 3.96. The molecule has 1 aliphatic rings. The number of hydrogen-bond donors (Lipinski definition) is 2. The fraction of sp³-hybridized carbons (Fsp3) is 0.188. The Bertz CT molecular complexity index is 687.